The Kier molecular flexibility index (Phi) is 6.20. The van der Waals surface area contributed by atoms with E-state index in [0.717, 1.165) is 24.1 Å². The zero-order valence-electron chi connectivity index (χ0n) is 20.8. The number of carboxylic acids is 1. The molecule has 1 aromatic rings. The molecule has 0 aromatic heterocycles. The van der Waals surface area contributed by atoms with Gasteiger partial charge in [0.05, 0.1) is 11.0 Å². The molecule has 1 aromatic carbocycles. The van der Waals surface area contributed by atoms with E-state index in [2.05, 4.69) is 4.90 Å². The van der Waals surface area contributed by atoms with E-state index in [4.69, 9.17) is 25.1 Å². The van der Waals surface area contributed by atoms with E-state index in [1.54, 1.807) is 12.1 Å². The molecule has 0 radical (unpaired) electrons. The second-order valence-corrected chi connectivity index (χ2v) is 10.5. The van der Waals surface area contributed by atoms with E-state index >= 15 is 0 Å². The number of esters is 2. The lowest BCUT2D eigenvalue weighted by atomic mass is 9.52. The summed E-state index contributed by atoms with van der Waals surface area (Å²) in [4.78, 5) is 38.1. The number of carbonyl (C=O) groups excluding carboxylic acids is 2. The topological polar surface area (TPSA) is 169 Å². The number of rotatable bonds is 7. The quantitative estimate of drug-likeness (QED) is 0.377. The summed E-state index contributed by atoms with van der Waals surface area (Å²) < 4.78 is 17.1. The van der Waals surface area contributed by atoms with Crippen LogP contribution >= 0.6 is 0 Å². The predicted octanol–water partition coefficient (Wildman–Crippen LogP) is 0.727. The van der Waals surface area contributed by atoms with Crippen molar-refractivity contribution in [2.24, 2.45) is 5.73 Å². The van der Waals surface area contributed by atoms with Crippen LogP contribution in [-0.4, -0.2) is 81.6 Å². The van der Waals surface area contributed by atoms with Gasteiger partial charge in [0.25, 0.3) is 0 Å². The molecule has 1 spiro atoms. The van der Waals surface area contributed by atoms with Crippen molar-refractivity contribution in [2.75, 3.05) is 13.6 Å². The largest absolute Gasteiger partial charge is 0.504 e. The Hall–Kier alpha value is -3.15. The number of aliphatic carboxylic acids is 1. The van der Waals surface area contributed by atoms with Crippen LogP contribution in [-0.2, 0) is 35.7 Å². The third-order valence-electron chi connectivity index (χ3n) is 8.39. The normalized spacial score (nSPS) is 31.2. The Morgan fingerprint density at radius 1 is 1.30 bits per heavy atom. The SMILES string of the molecule is C[C@H](OC(=O)[C@@H](N)CCC(=O)O)C(=O)OC1=CC[C@@]2(O)[C@H]3Cc4ccc(O)c5c4[C@@]2(CCCN3C)[C@H]1O5. The monoisotopic (exact) mass is 516 g/mol. The average Bonchev–Trinajstić information content (AvgIpc) is 3.19. The van der Waals surface area contributed by atoms with E-state index in [1.165, 1.54) is 6.92 Å². The maximum absolute atomic E-state index is 12.9. The molecule has 2 heterocycles. The Balaban J connectivity index is 1.42. The van der Waals surface area contributed by atoms with Gasteiger partial charge in [-0.05, 0) is 63.9 Å². The van der Waals surface area contributed by atoms with Crippen LogP contribution in [0.3, 0.4) is 0 Å². The highest BCUT2D eigenvalue weighted by Crippen LogP contribution is 2.64. The van der Waals surface area contributed by atoms with Gasteiger partial charge in [0.1, 0.15) is 11.8 Å². The van der Waals surface area contributed by atoms with Crippen molar-refractivity contribution in [3.63, 3.8) is 0 Å². The molecule has 2 aliphatic heterocycles. The molecule has 2 bridgehead atoms. The molecule has 6 atom stereocenters. The van der Waals surface area contributed by atoms with Crippen LogP contribution in [0.2, 0.25) is 0 Å². The van der Waals surface area contributed by atoms with Gasteiger partial charge >= 0.3 is 17.9 Å². The summed E-state index contributed by atoms with van der Waals surface area (Å²) in [7, 11) is 2.00. The van der Waals surface area contributed by atoms with Gasteiger partial charge in [-0.2, -0.15) is 0 Å². The lowest BCUT2D eigenvalue weighted by molar-refractivity contribution is -0.168. The molecule has 200 valence electrons. The van der Waals surface area contributed by atoms with E-state index in [0.29, 0.717) is 18.6 Å². The molecule has 2 aliphatic carbocycles. The van der Waals surface area contributed by atoms with Crippen molar-refractivity contribution in [1.82, 2.24) is 4.90 Å². The number of nitrogens with zero attached hydrogens (tertiary/aromatic N) is 1. The minimum absolute atomic E-state index is 0.0377. The molecule has 37 heavy (non-hydrogen) atoms. The van der Waals surface area contributed by atoms with Crippen molar-refractivity contribution in [2.45, 2.75) is 80.8 Å². The third kappa shape index (κ3) is 3.79. The first-order valence-corrected chi connectivity index (χ1v) is 12.5. The fourth-order valence-electron chi connectivity index (χ4n) is 6.60. The number of phenols is 1. The number of hydrogen-bond acceptors (Lipinski definition) is 10. The van der Waals surface area contributed by atoms with Gasteiger partial charge in [0.2, 0.25) is 0 Å². The number of benzene rings is 1. The first-order valence-electron chi connectivity index (χ1n) is 12.5. The molecule has 5 N–H and O–H groups in total. The number of nitrogens with two attached hydrogens (primary N) is 1. The fourth-order valence-corrected chi connectivity index (χ4v) is 6.60. The molecule has 11 nitrogen and oxygen atoms in total. The molecule has 4 aliphatic rings. The minimum atomic E-state index is -1.31. The van der Waals surface area contributed by atoms with E-state index in [9.17, 15) is 24.6 Å². The number of carboxylic acid groups (broad SMARTS) is 1. The van der Waals surface area contributed by atoms with Crippen LogP contribution in [0.5, 0.6) is 11.5 Å². The number of likely N-dealkylation sites (tertiary alicyclic amines) is 1. The zero-order chi connectivity index (χ0) is 26.7. The number of hydrogen-bond donors (Lipinski definition) is 4. The Bertz CT molecular complexity index is 1180. The standard InChI is InChI=1S/C26H32N2O9/c1-13(35-24(33)15(27)5-7-19(30)31)23(32)36-17-8-10-26(34)18-12-14-4-6-16(29)21-20(14)25(26,22(17)37-21)9-3-11-28(18)2/h4,6,8,13,15,18,22,29,34H,3,5,7,9-12,27H2,1-2H3,(H,30,31)/t13-,15-,18+,22-,25-,26+/m0/s1. The van der Waals surface area contributed by atoms with E-state index < -0.39 is 47.2 Å². The summed E-state index contributed by atoms with van der Waals surface area (Å²) in [6.45, 7) is 2.12. The maximum Gasteiger partial charge on any atom is 0.352 e. The zero-order valence-corrected chi connectivity index (χ0v) is 20.8. The van der Waals surface area contributed by atoms with Crippen LogP contribution in [0.4, 0.5) is 0 Å². The second-order valence-electron chi connectivity index (χ2n) is 10.5. The van der Waals surface area contributed by atoms with Crippen LogP contribution in [0.25, 0.3) is 0 Å². The van der Waals surface area contributed by atoms with Crippen LogP contribution < -0.4 is 10.5 Å². The summed E-state index contributed by atoms with van der Waals surface area (Å²) in [5.74, 6) is -2.40. The summed E-state index contributed by atoms with van der Waals surface area (Å²) >= 11 is 0. The van der Waals surface area contributed by atoms with Gasteiger partial charge < -0.3 is 40.2 Å². The Morgan fingerprint density at radius 2 is 2.05 bits per heavy atom. The Morgan fingerprint density at radius 3 is 2.78 bits per heavy atom. The minimum Gasteiger partial charge on any atom is -0.504 e. The molecule has 0 unspecified atom stereocenters. The first-order chi connectivity index (χ1) is 17.5. The molecular formula is C26H32N2O9. The van der Waals surface area contributed by atoms with Gasteiger partial charge in [-0.1, -0.05) is 6.07 Å². The first kappa shape index (κ1) is 25.5. The number of aromatic hydroxyl groups is 1. The molecule has 0 amide bonds. The highest BCUT2D eigenvalue weighted by molar-refractivity contribution is 5.82. The van der Waals surface area contributed by atoms with Crippen molar-refractivity contribution in [1.29, 1.82) is 0 Å². The number of phenolic OH excluding ortho intramolecular Hbond substituents is 1. The van der Waals surface area contributed by atoms with Gasteiger partial charge in [-0.15, -0.1) is 0 Å². The van der Waals surface area contributed by atoms with Crippen molar-refractivity contribution in [3.8, 4) is 11.5 Å². The highest BCUT2D eigenvalue weighted by atomic mass is 16.6. The Labute approximate surface area is 213 Å². The molecular weight excluding hydrogens is 484 g/mol. The van der Waals surface area contributed by atoms with Crippen LogP contribution in [0, 0.1) is 0 Å². The highest BCUT2D eigenvalue weighted by Gasteiger charge is 2.71. The lowest BCUT2D eigenvalue weighted by Crippen LogP contribution is -2.69. The average molecular weight is 517 g/mol. The molecule has 0 saturated carbocycles. The van der Waals surface area contributed by atoms with Crippen LogP contribution in [0.15, 0.2) is 24.0 Å². The lowest BCUT2D eigenvalue weighted by Gasteiger charge is -2.56. The van der Waals surface area contributed by atoms with Gasteiger partial charge in [-0.3, -0.25) is 9.59 Å². The fraction of sp³-hybridized carbons (Fsp3) is 0.577. The molecule has 11 heteroatoms. The summed E-state index contributed by atoms with van der Waals surface area (Å²) in [6.07, 6.45) is 1.20. The number of ether oxygens (including phenoxy) is 3. The number of likely N-dealkylation sites (N-methyl/N-ethyl adjacent to an activating group) is 1. The van der Waals surface area contributed by atoms with Crippen molar-refractivity contribution >= 4 is 17.9 Å². The summed E-state index contributed by atoms with van der Waals surface area (Å²) in [5.41, 5.74) is 5.32. The van der Waals surface area contributed by atoms with Crippen molar-refractivity contribution in [3.05, 3.63) is 35.1 Å². The van der Waals surface area contributed by atoms with Crippen LogP contribution in [0.1, 0.15) is 50.2 Å². The summed E-state index contributed by atoms with van der Waals surface area (Å²) in [6, 6.07) is 2.07. The predicted molar refractivity (Wildman–Crippen MR) is 128 cm³/mol. The molecule has 1 saturated heterocycles. The van der Waals surface area contributed by atoms with E-state index in [1.807, 2.05) is 13.1 Å². The summed E-state index contributed by atoms with van der Waals surface area (Å²) in [5, 5.41) is 31.7. The van der Waals surface area contributed by atoms with E-state index in [-0.39, 0.29) is 36.8 Å². The number of aliphatic hydroxyl groups is 1. The maximum atomic E-state index is 12.9. The third-order valence-corrected chi connectivity index (χ3v) is 8.39. The van der Waals surface area contributed by atoms with Crippen molar-refractivity contribution < 1.29 is 43.9 Å². The van der Waals surface area contributed by atoms with Gasteiger partial charge in [0, 0.05) is 24.4 Å². The molecule has 1 fully saturated rings. The smallest absolute Gasteiger partial charge is 0.352 e. The molecule has 5 rings (SSSR count). The number of carbonyl (C=O) groups is 3. The van der Waals surface area contributed by atoms with Gasteiger partial charge in [-0.25, -0.2) is 4.79 Å². The second kappa shape index (κ2) is 9.00. The van der Waals surface area contributed by atoms with Gasteiger partial charge in [0.15, 0.2) is 23.7 Å².